The van der Waals surface area contributed by atoms with Crippen LogP contribution in [-0.4, -0.2) is 24.9 Å². The zero-order chi connectivity index (χ0) is 17.2. The van der Waals surface area contributed by atoms with Crippen LogP contribution in [0.3, 0.4) is 0 Å². The Morgan fingerprint density at radius 1 is 1.08 bits per heavy atom. The SMILES string of the molecule is NS(=O)(=O)c1ccc(CCNc2nc3ccccc3c(=O)[nH]2)cc1. The number of nitrogens with one attached hydrogen (secondary N) is 2. The molecule has 24 heavy (non-hydrogen) atoms. The molecule has 0 unspecified atom stereocenters. The third-order valence-electron chi connectivity index (χ3n) is 3.57. The molecule has 124 valence electrons. The zero-order valence-electron chi connectivity index (χ0n) is 12.7. The summed E-state index contributed by atoms with van der Waals surface area (Å²) in [7, 11) is -3.67. The van der Waals surface area contributed by atoms with Gasteiger partial charge in [-0.2, -0.15) is 0 Å². The lowest BCUT2D eigenvalue weighted by atomic mass is 10.1. The van der Waals surface area contributed by atoms with Crippen LogP contribution in [0.25, 0.3) is 10.9 Å². The number of nitrogens with zero attached hydrogens (tertiary/aromatic N) is 1. The minimum Gasteiger partial charge on any atom is -0.355 e. The molecule has 0 fully saturated rings. The summed E-state index contributed by atoms with van der Waals surface area (Å²) in [5, 5.41) is 8.66. The Labute approximate surface area is 138 Å². The van der Waals surface area contributed by atoms with E-state index in [2.05, 4.69) is 15.3 Å². The van der Waals surface area contributed by atoms with E-state index in [1.807, 2.05) is 6.07 Å². The van der Waals surface area contributed by atoms with Crippen molar-refractivity contribution in [3.05, 3.63) is 64.4 Å². The number of rotatable bonds is 5. The monoisotopic (exact) mass is 344 g/mol. The molecule has 0 saturated carbocycles. The van der Waals surface area contributed by atoms with E-state index in [-0.39, 0.29) is 10.5 Å². The first-order valence-electron chi connectivity index (χ1n) is 7.28. The van der Waals surface area contributed by atoms with Crippen molar-refractivity contribution in [2.45, 2.75) is 11.3 Å². The average Bonchev–Trinajstić information content (AvgIpc) is 2.55. The van der Waals surface area contributed by atoms with E-state index in [1.54, 1.807) is 30.3 Å². The van der Waals surface area contributed by atoms with Crippen molar-refractivity contribution in [2.24, 2.45) is 5.14 Å². The molecule has 4 N–H and O–H groups in total. The van der Waals surface area contributed by atoms with Crippen molar-refractivity contribution >= 4 is 26.9 Å². The Hall–Kier alpha value is -2.71. The van der Waals surface area contributed by atoms with Crippen LogP contribution in [0.2, 0.25) is 0 Å². The van der Waals surface area contributed by atoms with E-state index in [4.69, 9.17) is 5.14 Å². The smallest absolute Gasteiger partial charge is 0.260 e. The quantitative estimate of drug-likeness (QED) is 0.643. The first kappa shape index (κ1) is 16.2. The first-order chi connectivity index (χ1) is 11.4. The summed E-state index contributed by atoms with van der Waals surface area (Å²) in [4.78, 5) is 19.1. The summed E-state index contributed by atoms with van der Waals surface area (Å²) in [5.74, 6) is 0.403. The van der Waals surface area contributed by atoms with Gasteiger partial charge in [0.2, 0.25) is 16.0 Å². The number of sulfonamides is 1. The number of nitrogens with two attached hydrogens (primary N) is 1. The lowest BCUT2D eigenvalue weighted by molar-refractivity contribution is 0.598. The van der Waals surface area contributed by atoms with E-state index in [9.17, 15) is 13.2 Å². The van der Waals surface area contributed by atoms with Gasteiger partial charge in [-0.25, -0.2) is 18.5 Å². The predicted molar refractivity (Wildman–Crippen MR) is 92.4 cm³/mol. The van der Waals surface area contributed by atoms with Crippen LogP contribution < -0.4 is 16.0 Å². The lowest BCUT2D eigenvalue weighted by Gasteiger charge is -2.07. The molecule has 0 bridgehead atoms. The summed E-state index contributed by atoms with van der Waals surface area (Å²) in [6.45, 7) is 0.538. The molecule has 0 aliphatic rings. The van der Waals surface area contributed by atoms with Crippen LogP contribution in [-0.2, 0) is 16.4 Å². The number of fused-ring (bicyclic) bond motifs is 1. The second-order valence-electron chi connectivity index (χ2n) is 5.30. The maximum Gasteiger partial charge on any atom is 0.260 e. The Balaban J connectivity index is 1.67. The van der Waals surface area contributed by atoms with Crippen LogP contribution >= 0.6 is 0 Å². The van der Waals surface area contributed by atoms with Gasteiger partial charge < -0.3 is 5.32 Å². The van der Waals surface area contributed by atoms with Gasteiger partial charge in [0.15, 0.2) is 0 Å². The molecular weight excluding hydrogens is 328 g/mol. The molecular formula is C16H16N4O3S. The molecule has 0 spiro atoms. The summed E-state index contributed by atoms with van der Waals surface area (Å²) in [5.41, 5.74) is 1.37. The predicted octanol–water partition coefficient (Wildman–Crippen LogP) is 1.23. The van der Waals surface area contributed by atoms with E-state index in [0.717, 1.165) is 5.56 Å². The normalized spacial score (nSPS) is 11.5. The van der Waals surface area contributed by atoms with Gasteiger partial charge in [0.1, 0.15) is 0 Å². The van der Waals surface area contributed by atoms with E-state index >= 15 is 0 Å². The summed E-state index contributed by atoms with van der Waals surface area (Å²) in [6, 6.07) is 13.5. The molecule has 3 rings (SSSR count). The van der Waals surface area contributed by atoms with Crippen molar-refractivity contribution in [1.82, 2.24) is 9.97 Å². The van der Waals surface area contributed by atoms with E-state index in [1.165, 1.54) is 12.1 Å². The van der Waals surface area contributed by atoms with Crippen LogP contribution in [0.1, 0.15) is 5.56 Å². The fourth-order valence-electron chi connectivity index (χ4n) is 2.34. The van der Waals surface area contributed by atoms with E-state index < -0.39 is 10.0 Å². The fourth-order valence-corrected chi connectivity index (χ4v) is 2.86. The molecule has 0 atom stereocenters. The highest BCUT2D eigenvalue weighted by Crippen LogP contribution is 2.10. The molecule has 1 aromatic heterocycles. The van der Waals surface area contributed by atoms with Gasteiger partial charge in [0, 0.05) is 6.54 Å². The molecule has 0 saturated heterocycles. The van der Waals surface area contributed by atoms with Gasteiger partial charge in [-0.05, 0) is 36.2 Å². The maximum absolute atomic E-state index is 12.0. The van der Waals surface area contributed by atoms with Gasteiger partial charge in [-0.15, -0.1) is 0 Å². The summed E-state index contributed by atoms with van der Waals surface area (Å²) >= 11 is 0. The number of aromatic amines is 1. The second-order valence-corrected chi connectivity index (χ2v) is 6.86. The number of benzene rings is 2. The Kier molecular flexibility index (Phi) is 4.32. The van der Waals surface area contributed by atoms with Crippen LogP contribution in [0.5, 0.6) is 0 Å². The number of anilines is 1. The Morgan fingerprint density at radius 3 is 2.50 bits per heavy atom. The number of H-pyrrole nitrogens is 1. The molecule has 0 radical (unpaired) electrons. The molecule has 1 heterocycles. The topological polar surface area (TPSA) is 118 Å². The summed E-state index contributed by atoms with van der Waals surface area (Å²) < 4.78 is 22.4. The van der Waals surface area contributed by atoms with E-state index in [0.29, 0.717) is 29.8 Å². The minimum atomic E-state index is -3.67. The van der Waals surface area contributed by atoms with Crippen molar-refractivity contribution in [3.63, 3.8) is 0 Å². The van der Waals surface area contributed by atoms with Crippen molar-refractivity contribution in [1.29, 1.82) is 0 Å². The molecule has 3 aromatic rings. The highest BCUT2D eigenvalue weighted by molar-refractivity contribution is 7.89. The molecule has 2 aromatic carbocycles. The largest absolute Gasteiger partial charge is 0.355 e. The molecule has 0 aliphatic carbocycles. The number of para-hydroxylation sites is 1. The number of aromatic nitrogens is 2. The Bertz CT molecular complexity index is 1030. The van der Waals surface area contributed by atoms with Crippen molar-refractivity contribution in [2.75, 3.05) is 11.9 Å². The molecule has 8 heteroatoms. The second kappa shape index (κ2) is 6.42. The number of hydrogen-bond donors (Lipinski definition) is 3. The third-order valence-corrected chi connectivity index (χ3v) is 4.50. The molecule has 7 nitrogen and oxygen atoms in total. The van der Waals surface area contributed by atoms with Gasteiger partial charge >= 0.3 is 0 Å². The zero-order valence-corrected chi connectivity index (χ0v) is 13.5. The minimum absolute atomic E-state index is 0.0831. The maximum atomic E-state index is 12.0. The standard InChI is InChI=1S/C16H16N4O3S/c17-24(22,23)12-7-5-11(6-8-12)9-10-18-16-19-14-4-2-1-3-13(14)15(21)20-16/h1-8H,9-10H2,(H2,17,22,23)(H2,18,19,20,21). The first-order valence-corrected chi connectivity index (χ1v) is 8.83. The van der Waals surface area contributed by atoms with Crippen LogP contribution in [0.15, 0.2) is 58.2 Å². The van der Waals surface area contributed by atoms with Crippen molar-refractivity contribution in [3.8, 4) is 0 Å². The molecule has 0 amide bonds. The molecule has 0 aliphatic heterocycles. The van der Waals surface area contributed by atoms with Gasteiger partial charge in [-0.1, -0.05) is 24.3 Å². The highest BCUT2D eigenvalue weighted by atomic mass is 32.2. The number of primary sulfonamides is 1. The number of hydrogen-bond acceptors (Lipinski definition) is 5. The van der Waals surface area contributed by atoms with Gasteiger partial charge in [0.25, 0.3) is 5.56 Å². The fraction of sp³-hybridized carbons (Fsp3) is 0.125. The van der Waals surface area contributed by atoms with Crippen molar-refractivity contribution < 1.29 is 8.42 Å². The lowest BCUT2D eigenvalue weighted by Crippen LogP contribution is -2.15. The third kappa shape index (κ3) is 3.61. The highest BCUT2D eigenvalue weighted by Gasteiger charge is 2.07. The average molecular weight is 344 g/mol. The van der Waals surface area contributed by atoms with Crippen LogP contribution in [0.4, 0.5) is 5.95 Å². The van der Waals surface area contributed by atoms with Gasteiger partial charge in [0.05, 0.1) is 15.8 Å². The van der Waals surface area contributed by atoms with Crippen LogP contribution in [0, 0.1) is 0 Å². The Morgan fingerprint density at radius 2 is 1.79 bits per heavy atom. The summed E-state index contributed by atoms with van der Waals surface area (Å²) in [6.07, 6.45) is 0.640. The van der Waals surface area contributed by atoms with Gasteiger partial charge in [-0.3, -0.25) is 9.78 Å².